The predicted octanol–water partition coefficient (Wildman–Crippen LogP) is 6.74. The first-order valence-electron chi connectivity index (χ1n) is 12.6. The summed E-state index contributed by atoms with van der Waals surface area (Å²) in [5.41, 5.74) is 7.37. The van der Waals surface area contributed by atoms with Crippen LogP contribution in [-0.2, 0) is 15.6 Å². The smallest absolute Gasteiger partial charge is 0.410 e. The second kappa shape index (κ2) is 10.3. The molecule has 7 heteroatoms. The Morgan fingerprint density at radius 2 is 1.74 bits per heavy atom. The maximum Gasteiger partial charge on any atom is 0.410 e. The fraction of sp³-hybridized carbons (Fsp3) is 0.571. The van der Waals surface area contributed by atoms with Gasteiger partial charge in [0.2, 0.25) is 0 Å². The van der Waals surface area contributed by atoms with Crippen LogP contribution in [0, 0.1) is 0 Å². The second-order valence-electron chi connectivity index (χ2n) is 12.2. The average molecular weight is 498 g/mol. The van der Waals surface area contributed by atoms with Crippen LogP contribution in [0.2, 0.25) is 18.1 Å². The molecule has 6 nitrogen and oxygen atoms in total. The van der Waals surface area contributed by atoms with Crippen molar-refractivity contribution in [2.75, 3.05) is 5.73 Å². The van der Waals surface area contributed by atoms with E-state index in [4.69, 9.17) is 14.9 Å². The first kappa shape index (κ1) is 27.2. The monoisotopic (exact) mass is 497 g/mol. The van der Waals surface area contributed by atoms with Crippen molar-refractivity contribution in [1.82, 2.24) is 9.88 Å². The van der Waals surface area contributed by atoms with Gasteiger partial charge in [-0.1, -0.05) is 57.2 Å². The third kappa shape index (κ3) is 6.85. The molecule has 0 saturated carbocycles. The van der Waals surface area contributed by atoms with E-state index in [0.717, 1.165) is 24.0 Å². The summed E-state index contributed by atoms with van der Waals surface area (Å²) in [6.45, 7) is 17.0. The Balaban J connectivity index is 2.00. The minimum Gasteiger partial charge on any atom is -0.444 e. The molecule has 1 aliphatic rings. The maximum absolute atomic E-state index is 13.6. The van der Waals surface area contributed by atoms with Gasteiger partial charge >= 0.3 is 6.09 Å². The van der Waals surface area contributed by atoms with Crippen LogP contribution in [0.25, 0.3) is 0 Å². The van der Waals surface area contributed by atoms with Crippen molar-refractivity contribution in [2.24, 2.45) is 0 Å². The van der Waals surface area contributed by atoms with E-state index in [2.05, 4.69) is 51.0 Å². The molecule has 1 amide bonds. The summed E-state index contributed by atoms with van der Waals surface area (Å²) in [6, 6.07) is 14.0. The zero-order valence-electron chi connectivity index (χ0n) is 22.7. The number of hydrogen-bond donors (Lipinski definition) is 1. The molecular weight excluding hydrogens is 454 g/mol. The molecule has 192 valence electrons. The number of likely N-dealkylation sites (tertiary alicyclic amines) is 1. The van der Waals surface area contributed by atoms with Gasteiger partial charge in [-0.2, -0.15) is 0 Å². The number of aromatic nitrogens is 1. The number of rotatable bonds is 6. The number of hydrogen-bond acceptors (Lipinski definition) is 5. The van der Waals surface area contributed by atoms with Crippen molar-refractivity contribution in [2.45, 2.75) is 103 Å². The zero-order chi connectivity index (χ0) is 26.0. The largest absolute Gasteiger partial charge is 0.444 e. The molecule has 2 heterocycles. The fourth-order valence-electron chi connectivity index (χ4n) is 4.34. The van der Waals surface area contributed by atoms with Crippen LogP contribution >= 0.6 is 0 Å². The molecule has 1 aromatic carbocycles. The summed E-state index contributed by atoms with van der Waals surface area (Å²) in [5.74, 6) is 0.494. The van der Waals surface area contributed by atoms with E-state index in [0.29, 0.717) is 12.2 Å². The quantitative estimate of drug-likeness (QED) is 0.447. The Kier molecular flexibility index (Phi) is 8.01. The van der Waals surface area contributed by atoms with Crippen molar-refractivity contribution in [3.8, 4) is 0 Å². The third-order valence-corrected chi connectivity index (χ3v) is 11.6. The van der Waals surface area contributed by atoms with Crippen molar-refractivity contribution >= 4 is 20.2 Å². The minimum absolute atomic E-state index is 0.00509. The number of anilines is 1. The van der Waals surface area contributed by atoms with Gasteiger partial charge in [-0.25, -0.2) is 9.78 Å². The minimum atomic E-state index is -2.13. The first-order valence-corrected chi connectivity index (χ1v) is 15.5. The molecule has 2 N–H and O–H groups in total. The maximum atomic E-state index is 13.6. The normalized spacial score (nSPS) is 20.1. The molecule has 0 aliphatic carbocycles. The summed E-state index contributed by atoms with van der Waals surface area (Å²) >= 11 is 0. The van der Waals surface area contributed by atoms with E-state index in [1.165, 1.54) is 0 Å². The van der Waals surface area contributed by atoms with Gasteiger partial charge in [0.1, 0.15) is 11.4 Å². The van der Waals surface area contributed by atoms with Gasteiger partial charge in [-0.05, 0) is 75.4 Å². The molecule has 3 atom stereocenters. The van der Waals surface area contributed by atoms with Crippen molar-refractivity contribution in [3.63, 3.8) is 0 Å². The van der Waals surface area contributed by atoms with Crippen molar-refractivity contribution in [1.29, 1.82) is 0 Å². The Morgan fingerprint density at radius 1 is 1.09 bits per heavy atom. The van der Waals surface area contributed by atoms with E-state index in [1.807, 2.05) is 56.0 Å². The highest BCUT2D eigenvalue weighted by molar-refractivity contribution is 6.74. The number of nitrogens with two attached hydrogens (primary N) is 1. The second-order valence-corrected chi connectivity index (χ2v) is 16.9. The lowest BCUT2D eigenvalue weighted by Crippen LogP contribution is -2.50. The lowest BCUT2D eigenvalue weighted by atomic mass is 10.0. The molecule has 0 radical (unpaired) electrons. The van der Waals surface area contributed by atoms with Gasteiger partial charge in [0, 0.05) is 12.2 Å². The molecule has 35 heavy (non-hydrogen) atoms. The van der Waals surface area contributed by atoms with E-state index in [-0.39, 0.29) is 29.3 Å². The van der Waals surface area contributed by atoms with Crippen molar-refractivity contribution < 1.29 is 14.0 Å². The molecular formula is C28H43N3O3Si. The Hall–Kier alpha value is -2.38. The zero-order valence-corrected chi connectivity index (χ0v) is 23.7. The molecule has 0 bridgehead atoms. The summed E-state index contributed by atoms with van der Waals surface area (Å²) in [6.07, 6.45) is 3.72. The number of amides is 1. The number of carbonyl (C=O) groups excluding carboxylic acids is 1. The molecule has 1 fully saturated rings. The molecule has 3 rings (SSSR count). The van der Waals surface area contributed by atoms with Crippen LogP contribution < -0.4 is 5.73 Å². The molecule has 0 unspecified atom stereocenters. The van der Waals surface area contributed by atoms with E-state index in [1.54, 1.807) is 6.20 Å². The topological polar surface area (TPSA) is 77.7 Å². The van der Waals surface area contributed by atoms with Gasteiger partial charge in [0.05, 0.1) is 12.1 Å². The van der Waals surface area contributed by atoms with Crippen LogP contribution in [0.3, 0.4) is 0 Å². The Labute approximate surface area is 212 Å². The predicted molar refractivity (Wildman–Crippen MR) is 145 cm³/mol. The van der Waals surface area contributed by atoms with Gasteiger partial charge in [-0.3, -0.25) is 4.90 Å². The lowest BCUT2D eigenvalue weighted by Gasteiger charge is -2.43. The van der Waals surface area contributed by atoms with Gasteiger partial charge in [0.15, 0.2) is 8.32 Å². The SMILES string of the molecule is CC(C)(C)OC(=O)N1[C@H](Cc2ccc(N)nc2)CC[C@@H]1[C@H](O[Si](C)(C)C(C)(C)C)c1ccccc1. The van der Waals surface area contributed by atoms with Crippen LogP contribution in [0.5, 0.6) is 0 Å². The van der Waals surface area contributed by atoms with E-state index < -0.39 is 13.9 Å². The average Bonchev–Trinajstić information content (AvgIpc) is 3.15. The summed E-state index contributed by atoms with van der Waals surface area (Å²) in [7, 11) is -2.13. The highest BCUT2D eigenvalue weighted by Crippen LogP contribution is 2.44. The van der Waals surface area contributed by atoms with E-state index >= 15 is 0 Å². The fourth-order valence-corrected chi connectivity index (χ4v) is 5.62. The number of pyridine rings is 1. The van der Waals surface area contributed by atoms with Crippen LogP contribution in [0.15, 0.2) is 48.7 Å². The lowest BCUT2D eigenvalue weighted by molar-refractivity contribution is -0.00239. The number of nitrogen functional groups attached to an aromatic ring is 1. The number of carbonyl (C=O) groups is 1. The molecule has 2 aromatic rings. The molecule has 1 aromatic heterocycles. The molecule has 0 spiro atoms. The highest BCUT2D eigenvalue weighted by Gasteiger charge is 2.47. The first-order chi connectivity index (χ1) is 16.2. The molecule has 1 saturated heterocycles. The van der Waals surface area contributed by atoms with Gasteiger partial charge in [-0.15, -0.1) is 0 Å². The number of ether oxygens (including phenoxy) is 1. The van der Waals surface area contributed by atoms with Crippen LogP contribution in [0.1, 0.15) is 71.6 Å². The molecule has 1 aliphatic heterocycles. The number of nitrogens with zero attached hydrogens (tertiary/aromatic N) is 2. The highest BCUT2D eigenvalue weighted by atomic mass is 28.4. The Bertz CT molecular complexity index is 981. The van der Waals surface area contributed by atoms with Crippen LogP contribution in [0.4, 0.5) is 10.6 Å². The van der Waals surface area contributed by atoms with Gasteiger partial charge < -0.3 is 14.9 Å². The van der Waals surface area contributed by atoms with E-state index in [9.17, 15) is 4.79 Å². The van der Waals surface area contributed by atoms with Crippen LogP contribution in [-0.4, -0.2) is 42.0 Å². The standard InChI is InChI=1S/C28H43N3O3Si/c1-27(2,3)33-26(32)31-22(18-20-14-17-24(29)30-19-20)15-16-23(31)25(21-12-10-9-11-13-21)34-35(7,8)28(4,5)6/h9-14,17,19,22-23,25H,15-16,18H2,1-8H3,(H2,29,30)/t22-,23+,25+/m0/s1. The van der Waals surface area contributed by atoms with Gasteiger partial charge in [0.25, 0.3) is 0 Å². The summed E-state index contributed by atoms with van der Waals surface area (Å²) in [5, 5.41) is 0.0461. The Morgan fingerprint density at radius 3 is 2.29 bits per heavy atom. The third-order valence-electron chi connectivity index (χ3n) is 7.17. The summed E-state index contributed by atoms with van der Waals surface area (Å²) in [4.78, 5) is 19.9. The number of benzene rings is 1. The van der Waals surface area contributed by atoms with Crippen molar-refractivity contribution in [3.05, 3.63) is 59.8 Å². The summed E-state index contributed by atoms with van der Waals surface area (Å²) < 4.78 is 13.0.